The minimum Gasteiger partial charge on any atom is -0.392 e. The summed E-state index contributed by atoms with van der Waals surface area (Å²) < 4.78 is 24.3. The Morgan fingerprint density at radius 1 is 1.00 bits per heavy atom. The Morgan fingerprint density at radius 3 is 2.16 bits per heavy atom. The molecule has 19 heavy (non-hydrogen) atoms. The summed E-state index contributed by atoms with van der Waals surface area (Å²) in [6.45, 7) is -0.00486. The molecule has 0 atom stereocenters. The molecule has 0 spiro atoms. The topological polar surface area (TPSA) is 54.4 Å². The molecule has 0 heterocycles. The highest BCUT2D eigenvalue weighted by atomic mass is 32.2. The van der Waals surface area contributed by atoms with E-state index in [1.807, 2.05) is 0 Å². The van der Waals surface area contributed by atoms with Crippen LogP contribution < -0.4 is 0 Å². The molecule has 1 aliphatic carbocycles. The van der Waals surface area contributed by atoms with E-state index in [4.69, 9.17) is 5.11 Å². The van der Waals surface area contributed by atoms with Crippen molar-refractivity contribution in [2.24, 2.45) is 5.92 Å². The predicted molar refractivity (Wildman–Crippen MR) is 76.4 cm³/mol. The Hall–Kier alpha value is -0.870. The lowest BCUT2D eigenvalue weighted by molar-refractivity contribution is 0.282. The second kappa shape index (κ2) is 6.53. The number of sulfone groups is 1. The van der Waals surface area contributed by atoms with Crippen LogP contribution in [0.5, 0.6) is 0 Å². The summed E-state index contributed by atoms with van der Waals surface area (Å²) in [5.41, 5.74) is 1.63. The van der Waals surface area contributed by atoms with E-state index in [9.17, 15) is 8.42 Å². The van der Waals surface area contributed by atoms with Crippen molar-refractivity contribution in [3.8, 4) is 0 Å². The molecule has 2 rings (SSSR count). The fraction of sp³-hybridized carbons (Fsp3) is 0.600. The zero-order chi connectivity index (χ0) is 13.7. The number of benzene rings is 1. The highest BCUT2D eigenvalue weighted by Gasteiger charge is 2.21. The van der Waals surface area contributed by atoms with Gasteiger partial charge in [0.25, 0.3) is 0 Å². The minimum atomic E-state index is -3.02. The summed E-state index contributed by atoms with van der Waals surface area (Å²) in [4.78, 5) is 0. The monoisotopic (exact) mass is 282 g/mol. The lowest BCUT2D eigenvalue weighted by Crippen LogP contribution is -2.20. The Bertz CT molecular complexity index is 485. The second-order valence-electron chi connectivity index (χ2n) is 5.53. The van der Waals surface area contributed by atoms with Crippen LogP contribution in [0.2, 0.25) is 0 Å². The lowest BCUT2D eigenvalue weighted by atomic mass is 9.91. The molecule has 0 amide bonds. The fourth-order valence-corrected chi connectivity index (χ4v) is 4.64. The largest absolute Gasteiger partial charge is 0.392 e. The van der Waals surface area contributed by atoms with E-state index in [0.717, 1.165) is 24.0 Å². The van der Waals surface area contributed by atoms with E-state index in [1.165, 1.54) is 19.3 Å². The zero-order valence-electron chi connectivity index (χ0n) is 11.2. The van der Waals surface area contributed by atoms with Crippen LogP contribution in [0, 0.1) is 5.92 Å². The van der Waals surface area contributed by atoms with E-state index in [1.54, 1.807) is 24.3 Å². The maximum atomic E-state index is 12.2. The van der Waals surface area contributed by atoms with Gasteiger partial charge in [-0.2, -0.15) is 0 Å². The predicted octanol–water partition coefficient (Wildman–Crippen LogP) is 2.67. The van der Waals surface area contributed by atoms with Gasteiger partial charge in [0.2, 0.25) is 0 Å². The van der Waals surface area contributed by atoms with Crippen molar-refractivity contribution >= 4 is 9.84 Å². The molecule has 1 aliphatic rings. The molecule has 0 bridgehead atoms. The summed E-state index contributed by atoms with van der Waals surface area (Å²) in [7, 11) is -3.02. The molecule has 1 fully saturated rings. The molecule has 4 heteroatoms. The SMILES string of the molecule is O=S(=O)(Cc1ccc(CO)cc1)CC1CCCCC1. The van der Waals surface area contributed by atoms with Crippen LogP contribution in [0.1, 0.15) is 43.2 Å². The van der Waals surface area contributed by atoms with Gasteiger partial charge in [-0.15, -0.1) is 0 Å². The third kappa shape index (κ3) is 4.62. The molecule has 0 unspecified atom stereocenters. The van der Waals surface area contributed by atoms with Crippen LogP contribution in [0.15, 0.2) is 24.3 Å². The van der Waals surface area contributed by atoms with Crippen LogP contribution in [-0.4, -0.2) is 19.3 Å². The van der Waals surface area contributed by atoms with Crippen molar-refractivity contribution < 1.29 is 13.5 Å². The van der Waals surface area contributed by atoms with Gasteiger partial charge in [0.05, 0.1) is 18.1 Å². The first kappa shape index (κ1) is 14.5. The molecule has 1 aromatic carbocycles. The molecule has 0 radical (unpaired) electrons. The highest BCUT2D eigenvalue weighted by Crippen LogP contribution is 2.25. The van der Waals surface area contributed by atoms with Gasteiger partial charge in [-0.1, -0.05) is 43.5 Å². The van der Waals surface area contributed by atoms with Crippen molar-refractivity contribution in [3.05, 3.63) is 35.4 Å². The van der Waals surface area contributed by atoms with Gasteiger partial charge < -0.3 is 5.11 Å². The van der Waals surface area contributed by atoms with Crippen molar-refractivity contribution in [1.29, 1.82) is 0 Å². The zero-order valence-corrected chi connectivity index (χ0v) is 12.0. The molecule has 1 saturated carbocycles. The van der Waals surface area contributed by atoms with Crippen molar-refractivity contribution in [1.82, 2.24) is 0 Å². The molecule has 106 valence electrons. The summed E-state index contributed by atoms with van der Waals surface area (Å²) in [6.07, 6.45) is 5.71. The van der Waals surface area contributed by atoms with Gasteiger partial charge in [-0.3, -0.25) is 0 Å². The standard InChI is InChI=1S/C15H22O3S/c16-10-13-6-8-15(9-7-13)12-19(17,18)11-14-4-2-1-3-5-14/h6-9,14,16H,1-5,10-12H2. The normalized spacial score (nSPS) is 17.5. The quantitative estimate of drug-likeness (QED) is 0.903. The summed E-state index contributed by atoms with van der Waals surface area (Å²) in [5, 5.41) is 8.96. The Labute approximate surface area is 115 Å². The van der Waals surface area contributed by atoms with Crippen molar-refractivity contribution in [2.75, 3.05) is 5.75 Å². The van der Waals surface area contributed by atoms with Crippen LogP contribution in [0.3, 0.4) is 0 Å². The van der Waals surface area contributed by atoms with Gasteiger partial charge in [0, 0.05) is 0 Å². The minimum absolute atomic E-state index is 0.00486. The molecular weight excluding hydrogens is 260 g/mol. The lowest BCUT2D eigenvalue weighted by Gasteiger charge is -2.21. The van der Waals surface area contributed by atoms with Crippen molar-refractivity contribution in [2.45, 2.75) is 44.5 Å². The van der Waals surface area contributed by atoms with Gasteiger partial charge >= 0.3 is 0 Å². The van der Waals surface area contributed by atoms with E-state index >= 15 is 0 Å². The number of hydrogen-bond acceptors (Lipinski definition) is 3. The third-order valence-corrected chi connectivity index (χ3v) is 5.56. The van der Waals surface area contributed by atoms with E-state index < -0.39 is 9.84 Å². The molecule has 0 saturated heterocycles. The van der Waals surface area contributed by atoms with Crippen LogP contribution in [0.4, 0.5) is 0 Å². The first-order chi connectivity index (χ1) is 9.09. The first-order valence-corrected chi connectivity index (χ1v) is 8.80. The van der Waals surface area contributed by atoms with Crippen LogP contribution >= 0.6 is 0 Å². The summed E-state index contributed by atoms with van der Waals surface area (Å²) >= 11 is 0. The molecule has 0 aromatic heterocycles. The molecule has 1 aromatic rings. The van der Waals surface area contributed by atoms with E-state index in [0.29, 0.717) is 11.7 Å². The average Bonchev–Trinajstić information content (AvgIpc) is 2.39. The fourth-order valence-electron chi connectivity index (χ4n) is 2.77. The second-order valence-corrected chi connectivity index (χ2v) is 7.64. The molecular formula is C15H22O3S. The van der Waals surface area contributed by atoms with Crippen LogP contribution in [0.25, 0.3) is 0 Å². The number of aliphatic hydroxyl groups excluding tert-OH is 1. The Kier molecular flexibility index (Phi) is 4.99. The Balaban J connectivity index is 1.95. The summed E-state index contributed by atoms with van der Waals surface area (Å²) in [5.74, 6) is 0.805. The van der Waals surface area contributed by atoms with Gasteiger partial charge in [0.15, 0.2) is 9.84 Å². The highest BCUT2D eigenvalue weighted by molar-refractivity contribution is 7.90. The summed E-state index contributed by atoms with van der Waals surface area (Å²) in [6, 6.07) is 7.16. The Morgan fingerprint density at radius 2 is 1.58 bits per heavy atom. The average molecular weight is 282 g/mol. The van der Waals surface area contributed by atoms with E-state index in [-0.39, 0.29) is 12.4 Å². The third-order valence-electron chi connectivity index (χ3n) is 3.81. The molecule has 3 nitrogen and oxygen atoms in total. The first-order valence-electron chi connectivity index (χ1n) is 6.98. The van der Waals surface area contributed by atoms with Gasteiger partial charge in [-0.25, -0.2) is 8.42 Å². The number of hydrogen-bond donors (Lipinski definition) is 1. The van der Waals surface area contributed by atoms with Gasteiger partial charge in [0.1, 0.15) is 0 Å². The molecule has 1 N–H and O–H groups in total. The maximum Gasteiger partial charge on any atom is 0.154 e. The smallest absolute Gasteiger partial charge is 0.154 e. The maximum absolute atomic E-state index is 12.2. The van der Waals surface area contributed by atoms with Crippen LogP contribution in [-0.2, 0) is 22.2 Å². The van der Waals surface area contributed by atoms with Crippen molar-refractivity contribution in [3.63, 3.8) is 0 Å². The number of rotatable bonds is 5. The molecule has 0 aliphatic heterocycles. The number of aliphatic hydroxyl groups is 1. The van der Waals surface area contributed by atoms with E-state index in [2.05, 4.69) is 0 Å². The van der Waals surface area contributed by atoms with Gasteiger partial charge in [-0.05, 0) is 29.9 Å².